The average Bonchev–Trinajstić information content (AvgIpc) is 2.28. The number of aliphatic hydroxyl groups excluding tert-OH is 1. The summed E-state index contributed by atoms with van der Waals surface area (Å²) in [4.78, 5) is 0. The van der Waals surface area contributed by atoms with Crippen LogP contribution in [0, 0.1) is 13.8 Å². The molecule has 0 saturated heterocycles. The summed E-state index contributed by atoms with van der Waals surface area (Å²) in [6, 6.07) is 4.09. The van der Waals surface area contributed by atoms with Gasteiger partial charge >= 0.3 is 0 Å². The SMILES string of the molecule is Cc1ccc(C)n1NC[C@@H](C)O. The van der Waals surface area contributed by atoms with Gasteiger partial charge in [-0.25, -0.2) is 0 Å². The van der Waals surface area contributed by atoms with Crippen LogP contribution in [0.3, 0.4) is 0 Å². The number of aryl methyl sites for hydroxylation is 2. The molecule has 0 unspecified atom stereocenters. The number of hydrogen-bond donors (Lipinski definition) is 2. The molecule has 0 spiro atoms. The minimum atomic E-state index is -0.314. The summed E-state index contributed by atoms with van der Waals surface area (Å²) >= 11 is 0. The first kappa shape index (κ1) is 9.13. The van der Waals surface area contributed by atoms with Gasteiger partial charge in [-0.1, -0.05) is 0 Å². The van der Waals surface area contributed by atoms with E-state index in [-0.39, 0.29) is 6.10 Å². The van der Waals surface area contributed by atoms with E-state index < -0.39 is 0 Å². The van der Waals surface area contributed by atoms with Crippen LogP contribution in [-0.2, 0) is 0 Å². The van der Waals surface area contributed by atoms with Crippen LogP contribution in [0.5, 0.6) is 0 Å². The minimum absolute atomic E-state index is 0.314. The Kier molecular flexibility index (Phi) is 2.76. The molecular weight excluding hydrogens is 152 g/mol. The van der Waals surface area contributed by atoms with Crippen molar-refractivity contribution in [3.63, 3.8) is 0 Å². The van der Waals surface area contributed by atoms with Crippen molar-refractivity contribution in [2.45, 2.75) is 26.9 Å². The smallest absolute Gasteiger partial charge is 0.0700 e. The van der Waals surface area contributed by atoms with Crippen LogP contribution < -0.4 is 5.43 Å². The fourth-order valence-electron chi connectivity index (χ4n) is 1.14. The van der Waals surface area contributed by atoms with E-state index in [1.165, 1.54) is 0 Å². The lowest BCUT2D eigenvalue weighted by molar-refractivity contribution is 0.204. The van der Waals surface area contributed by atoms with Crippen LogP contribution in [0.15, 0.2) is 12.1 Å². The Hall–Kier alpha value is -0.960. The van der Waals surface area contributed by atoms with Crippen molar-refractivity contribution in [3.05, 3.63) is 23.5 Å². The summed E-state index contributed by atoms with van der Waals surface area (Å²) < 4.78 is 1.98. The maximum atomic E-state index is 9.06. The maximum absolute atomic E-state index is 9.06. The van der Waals surface area contributed by atoms with Crippen LogP contribution in [0.1, 0.15) is 18.3 Å². The van der Waals surface area contributed by atoms with Crippen LogP contribution >= 0.6 is 0 Å². The topological polar surface area (TPSA) is 37.2 Å². The highest BCUT2D eigenvalue weighted by Crippen LogP contribution is 2.03. The number of aliphatic hydroxyl groups is 1. The molecule has 12 heavy (non-hydrogen) atoms. The average molecular weight is 168 g/mol. The van der Waals surface area contributed by atoms with E-state index in [9.17, 15) is 0 Å². The lowest BCUT2D eigenvalue weighted by Crippen LogP contribution is -2.25. The van der Waals surface area contributed by atoms with Crippen molar-refractivity contribution in [1.82, 2.24) is 4.68 Å². The van der Waals surface area contributed by atoms with Crippen LogP contribution in [0.4, 0.5) is 0 Å². The molecule has 1 aromatic heterocycles. The third kappa shape index (κ3) is 2.01. The van der Waals surface area contributed by atoms with Gasteiger partial charge in [-0.15, -0.1) is 0 Å². The van der Waals surface area contributed by atoms with Gasteiger partial charge in [0, 0.05) is 11.4 Å². The predicted octanol–water partition coefficient (Wildman–Crippen LogP) is 1.03. The Morgan fingerprint density at radius 1 is 1.42 bits per heavy atom. The predicted molar refractivity (Wildman–Crippen MR) is 49.8 cm³/mol. The molecule has 1 heterocycles. The molecule has 0 saturated carbocycles. The van der Waals surface area contributed by atoms with E-state index in [0.717, 1.165) is 11.4 Å². The van der Waals surface area contributed by atoms with Gasteiger partial charge in [0.15, 0.2) is 0 Å². The van der Waals surface area contributed by atoms with E-state index >= 15 is 0 Å². The Labute approximate surface area is 73.0 Å². The van der Waals surface area contributed by atoms with Gasteiger partial charge in [-0.2, -0.15) is 0 Å². The summed E-state index contributed by atoms with van der Waals surface area (Å²) in [6.45, 7) is 6.40. The molecule has 1 aromatic rings. The lowest BCUT2D eigenvalue weighted by atomic mass is 10.4. The second-order valence-corrected chi connectivity index (χ2v) is 3.16. The highest BCUT2D eigenvalue weighted by molar-refractivity contribution is 5.15. The first-order valence-corrected chi connectivity index (χ1v) is 4.18. The first-order chi connectivity index (χ1) is 5.61. The molecule has 0 amide bonds. The third-order valence-corrected chi connectivity index (χ3v) is 1.82. The molecule has 0 radical (unpaired) electrons. The normalized spacial score (nSPS) is 13.0. The molecule has 0 aliphatic heterocycles. The minimum Gasteiger partial charge on any atom is -0.392 e. The van der Waals surface area contributed by atoms with E-state index in [4.69, 9.17) is 5.11 Å². The molecule has 68 valence electrons. The summed E-state index contributed by atoms with van der Waals surface area (Å²) in [7, 11) is 0. The van der Waals surface area contributed by atoms with Crippen molar-refractivity contribution in [1.29, 1.82) is 0 Å². The zero-order valence-electron chi connectivity index (χ0n) is 7.83. The van der Waals surface area contributed by atoms with Crippen LogP contribution in [-0.4, -0.2) is 22.4 Å². The quantitative estimate of drug-likeness (QED) is 0.707. The van der Waals surface area contributed by atoms with Gasteiger partial charge in [0.1, 0.15) is 0 Å². The van der Waals surface area contributed by atoms with Crippen molar-refractivity contribution in [2.75, 3.05) is 12.0 Å². The lowest BCUT2D eigenvalue weighted by Gasteiger charge is -2.13. The van der Waals surface area contributed by atoms with Gasteiger partial charge in [0.2, 0.25) is 0 Å². The summed E-state index contributed by atoms with van der Waals surface area (Å²) in [5.41, 5.74) is 5.45. The van der Waals surface area contributed by atoms with E-state index in [1.807, 2.05) is 30.7 Å². The summed E-state index contributed by atoms with van der Waals surface area (Å²) in [5, 5.41) is 9.06. The van der Waals surface area contributed by atoms with Gasteiger partial charge in [0.25, 0.3) is 0 Å². The number of aromatic nitrogens is 1. The Bertz CT molecular complexity index is 234. The van der Waals surface area contributed by atoms with Gasteiger partial charge < -0.3 is 10.5 Å². The highest BCUT2D eigenvalue weighted by Gasteiger charge is 2.00. The van der Waals surface area contributed by atoms with Crippen molar-refractivity contribution < 1.29 is 5.11 Å². The largest absolute Gasteiger partial charge is 0.392 e. The van der Waals surface area contributed by atoms with Gasteiger partial charge in [-0.3, -0.25) is 4.68 Å². The van der Waals surface area contributed by atoms with Gasteiger partial charge in [-0.05, 0) is 32.9 Å². The molecule has 1 atom stereocenters. The van der Waals surface area contributed by atoms with Crippen LogP contribution in [0.25, 0.3) is 0 Å². The zero-order chi connectivity index (χ0) is 9.14. The molecule has 3 heteroatoms. The number of rotatable bonds is 3. The molecule has 0 fully saturated rings. The van der Waals surface area contributed by atoms with E-state index in [0.29, 0.717) is 6.54 Å². The Balaban J connectivity index is 2.62. The molecule has 0 aliphatic carbocycles. The number of nitrogens with one attached hydrogen (secondary N) is 1. The molecule has 0 aromatic carbocycles. The molecule has 0 bridgehead atoms. The molecule has 0 aliphatic rings. The zero-order valence-corrected chi connectivity index (χ0v) is 7.83. The van der Waals surface area contributed by atoms with Crippen molar-refractivity contribution in [3.8, 4) is 0 Å². The standard InChI is InChI=1S/C9H16N2O/c1-7-4-5-8(2)11(7)10-6-9(3)12/h4-5,9-10,12H,6H2,1-3H3/t9-/m1/s1. The molecule has 1 rings (SSSR count). The first-order valence-electron chi connectivity index (χ1n) is 4.18. The Morgan fingerprint density at radius 2 is 1.92 bits per heavy atom. The molecular formula is C9H16N2O. The maximum Gasteiger partial charge on any atom is 0.0700 e. The van der Waals surface area contributed by atoms with Crippen molar-refractivity contribution >= 4 is 0 Å². The van der Waals surface area contributed by atoms with Gasteiger partial charge in [0.05, 0.1) is 12.6 Å². The fourth-order valence-corrected chi connectivity index (χ4v) is 1.14. The molecule has 3 nitrogen and oxygen atoms in total. The second kappa shape index (κ2) is 3.63. The van der Waals surface area contributed by atoms with Crippen LogP contribution in [0.2, 0.25) is 0 Å². The number of hydrogen-bond acceptors (Lipinski definition) is 2. The second-order valence-electron chi connectivity index (χ2n) is 3.16. The Morgan fingerprint density at radius 3 is 2.33 bits per heavy atom. The third-order valence-electron chi connectivity index (χ3n) is 1.82. The highest BCUT2D eigenvalue weighted by atomic mass is 16.3. The summed E-state index contributed by atoms with van der Waals surface area (Å²) in [5.74, 6) is 0. The monoisotopic (exact) mass is 168 g/mol. The van der Waals surface area contributed by atoms with E-state index in [2.05, 4.69) is 5.43 Å². The van der Waals surface area contributed by atoms with E-state index in [1.54, 1.807) is 6.92 Å². The van der Waals surface area contributed by atoms with Crippen molar-refractivity contribution in [2.24, 2.45) is 0 Å². The summed E-state index contributed by atoms with van der Waals surface area (Å²) in [6.07, 6.45) is -0.314. The number of nitrogens with zero attached hydrogens (tertiary/aromatic N) is 1. The molecule has 2 N–H and O–H groups in total. The fraction of sp³-hybridized carbons (Fsp3) is 0.556.